The fourth-order valence-corrected chi connectivity index (χ4v) is 1.73. The Hall–Kier alpha value is -1.63. The smallest absolute Gasteiger partial charge is 0.326 e. The molecular formula is C10H16N2O5. The van der Waals surface area contributed by atoms with Crippen molar-refractivity contribution in [3.8, 4) is 0 Å². The van der Waals surface area contributed by atoms with E-state index >= 15 is 0 Å². The van der Waals surface area contributed by atoms with E-state index in [4.69, 9.17) is 5.11 Å². The van der Waals surface area contributed by atoms with Crippen molar-refractivity contribution in [1.29, 1.82) is 0 Å². The summed E-state index contributed by atoms with van der Waals surface area (Å²) in [5.41, 5.74) is 0. The first-order valence-electron chi connectivity index (χ1n) is 5.25. The first-order chi connectivity index (χ1) is 7.82. The Morgan fingerprint density at radius 1 is 1.41 bits per heavy atom. The number of carbonyl (C=O) groups excluding carboxylic acids is 2. The maximum absolute atomic E-state index is 11.8. The number of aliphatic hydroxyl groups excluding tert-OH is 1. The topological polar surface area (TPSA) is 98.2 Å². The second-order valence-electron chi connectivity index (χ2n) is 4.16. The third kappa shape index (κ3) is 3.16. The number of rotatable bonds is 3. The number of carboxylic acids is 1. The molecule has 7 heteroatoms. The van der Waals surface area contributed by atoms with Gasteiger partial charge in [0.1, 0.15) is 6.04 Å². The molecule has 0 bridgehead atoms. The summed E-state index contributed by atoms with van der Waals surface area (Å²) in [5.74, 6) is -1.88. The number of carboxylic acid groups (broad SMARTS) is 1. The lowest BCUT2D eigenvalue weighted by molar-refractivity contribution is -0.149. The number of carbonyl (C=O) groups is 3. The van der Waals surface area contributed by atoms with Gasteiger partial charge in [-0.3, -0.25) is 9.59 Å². The molecule has 1 aliphatic rings. The summed E-state index contributed by atoms with van der Waals surface area (Å²) in [7, 11) is 1.46. The molecule has 2 amide bonds. The summed E-state index contributed by atoms with van der Waals surface area (Å²) in [5, 5.41) is 18.3. The van der Waals surface area contributed by atoms with Crippen LogP contribution < -0.4 is 0 Å². The highest BCUT2D eigenvalue weighted by Gasteiger charge is 2.39. The van der Waals surface area contributed by atoms with Crippen LogP contribution in [0.1, 0.15) is 13.3 Å². The molecule has 2 N–H and O–H groups in total. The molecular weight excluding hydrogens is 228 g/mol. The van der Waals surface area contributed by atoms with Crippen molar-refractivity contribution in [1.82, 2.24) is 9.80 Å². The van der Waals surface area contributed by atoms with Gasteiger partial charge in [0.25, 0.3) is 0 Å². The molecule has 96 valence electrons. The van der Waals surface area contributed by atoms with Gasteiger partial charge >= 0.3 is 5.97 Å². The minimum Gasteiger partial charge on any atom is -0.480 e. The van der Waals surface area contributed by atoms with Crippen molar-refractivity contribution < 1.29 is 24.6 Å². The molecule has 1 rings (SSSR count). The van der Waals surface area contributed by atoms with Crippen LogP contribution >= 0.6 is 0 Å². The molecule has 0 unspecified atom stereocenters. The molecule has 0 aromatic heterocycles. The maximum Gasteiger partial charge on any atom is 0.326 e. The van der Waals surface area contributed by atoms with Gasteiger partial charge in [0, 0.05) is 26.9 Å². The Kier molecular flexibility index (Phi) is 4.06. The Morgan fingerprint density at radius 3 is 2.47 bits per heavy atom. The average Bonchev–Trinajstić information content (AvgIpc) is 2.60. The molecule has 1 aliphatic heterocycles. The van der Waals surface area contributed by atoms with Crippen LogP contribution in [-0.2, 0) is 14.4 Å². The molecule has 17 heavy (non-hydrogen) atoms. The monoisotopic (exact) mass is 244 g/mol. The third-order valence-electron chi connectivity index (χ3n) is 2.79. The third-order valence-corrected chi connectivity index (χ3v) is 2.79. The van der Waals surface area contributed by atoms with E-state index in [9.17, 15) is 19.5 Å². The lowest BCUT2D eigenvalue weighted by Crippen LogP contribution is -2.45. The molecule has 1 fully saturated rings. The highest BCUT2D eigenvalue weighted by Crippen LogP contribution is 2.18. The zero-order valence-corrected chi connectivity index (χ0v) is 9.79. The van der Waals surface area contributed by atoms with Gasteiger partial charge in [-0.05, 0) is 0 Å². The number of β-amino-alcohol motifs (C(OH)–C–C–N with tert-alkyl or cyclic N) is 1. The predicted molar refractivity (Wildman–Crippen MR) is 57.1 cm³/mol. The van der Waals surface area contributed by atoms with Gasteiger partial charge in [-0.25, -0.2) is 4.79 Å². The fourth-order valence-electron chi connectivity index (χ4n) is 1.73. The number of aliphatic hydroxyl groups is 1. The van der Waals surface area contributed by atoms with E-state index in [1.807, 2.05) is 0 Å². The van der Waals surface area contributed by atoms with Crippen LogP contribution in [0.5, 0.6) is 0 Å². The van der Waals surface area contributed by atoms with E-state index in [1.165, 1.54) is 18.9 Å². The standard InChI is InChI=1S/C10H16N2O5/c1-6(13)11(2)5-9(15)12-4-7(14)3-8(12)10(16)17/h7-8,14H,3-5H2,1-2H3,(H,16,17)/t7-,8+/m1/s1. The molecule has 0 aromatic carbocycles. The highest BCUT2D eigenvalue weighted by molar-refractivity contribution is 5.88. The number of likely N-dealkylation sites (tertiary alicyclic amines) is 1. The van der Waals surface area contributed by atoms with Gasteiger partial charge < -0.3 is 20.0 Å². The molecule has 1 heterocycles. The summed E-state index contributed by atoms with van der Waals surface area (Å²) in [4.78, 5) is 35.9. The summed E-state index contributed by atoms with van der Waals surface area (Å²) >= 11 is 0. The summed E-state index contributed by atoms with van der Waals surface area (Å²) in [6.07, 6.45) is -0.784. The zero-order valence-electron chi connectivity index (χ0n) is 9.79. The number of hydrogen-bond acceptors (Lipinski definition) is 4. The van der Waals surface area contributed by atoms with Crippen LogP contribution in [0.25, 0.3) is 0 Å². The average molecular weight is 244 g/mol. The molecule has 1 saturated heterocycles. The van der Waals surface area contributed by atoms with Gasteiger partial charge in [0.2, 0.25) is 11.8 Å². The number of aliphatic carboxylic acids is 1. The van der Waals surface area contributed by atoms with E-state index in [2.05, 4.69) is 0 Å². The normalized spacial score (nSPS) is 23.6. The molecule has 0 spiro atoms. The summed E-state index contributed by atoms with van der Waals surface area (Å²) in [6.45, 7) is 1.15. The van der Waals surface area contributed by atoms with Gasteiger partial charge in [0.05, 0.1) is 12.6 Å². The molecule has 0 saturated carbocycles. The quantitative estimate of drug-likeness (QED) is 0.630. The Bertz CT molecular complexity index is 344. The second kappa shape index (κ2) is 5.13. The minimum absolute atomic E-state index is 0.00153. The second-order valence-corrected chi connectivity index (χ2v) is 4.16. The number of likely N-dealkylation sites (N-methyl/N-ethyl adjacent to an activating group) is 1. The van der Waals surface area contributed by atoms with Crippen molar-refractivity contribution in [2.45, 2.75) is 25.5 Å². The van der Waals surface area contributed by atoms with Gasteiger partial charge in [-0.2, -0.15) is 0 Å². The minimum atomic E-state index is -1.14. The molecule has 7 nitrogen and oxygen atoms in total. The van der Waals surface area contributed by atoms with E-state index in [0.29, 0.717) is 0 Å². The van der Waals surface area contributed by atoms with Crippen molar-refractivity contribution in [3.63, 3.8) is 0 Å². The van der Waals surface area contributed by atoms with Crippen LogP contribution in [0.2, 0.25) is 0 Å². The van der Waals surface area contributed by atoms with Crippen LogP contribution in [0.3, 0.4) is 0 Å². The lowest BCUT2D eigenvalue weighted by atomic mass is 10.2. The highest BCUT2D eigenvalue weighted by atomic mass is 16.4. The van der Waals surface area contributed by atoms with Gasteiger partial charge in [-0.15, -0.1) is 0 Å². The van der Waals surface area contributed by atoms with Crippen molar-refractivity contribution >= 4 is 17.8 Å². The predicted octanol–water partition coefficient (Wildman–Crippen LogP) is -1.49. The van der Waals surface area contributed by atoms with Crippen LogP contribution in [0, 0.1) is 0 Å². The van der Waals surface area contributed by atoms with Crippen molar-refractivity contribution in [2.75, 3.05) is 20.1 Å². The molecule has 2 atom stereocenters. The van der Waals surface area contributed by atoms with E-state index in [0.717, 1.165) is 4.90 Å². The fraction of sp³-hybridized carbons (Fsp3) is 0.700. The first-order valence-corrected chi connectivity index (χ1v) is 5.25. The summed E-state index contributed by atoms with van der Waals surface area (Å²) < 4.78 is 0. The van der Waals surface area contributed by atoms with E-state index < -0.39 is 24.0 Å². The van der Waals surface area contributed by atoms with Crippen LogP contribution in [-0.4, -0.2) is 70.1 Å². The molecule has 0 aromatic rings. The van der Waals surface area contributed by atoms with Crippen molar-refractivity contribution in [3.05, 3.63) is 0 Å². The van der Waals surface area contributed by atoms with E-state index in [-0.39, 0.29) is 25.4 Å². The Morgan fingerprint density at radius 2 is 2.00 bits per heavy atom. The molecule has 0 radical (unpaired) electrons. The first kappa shape index (κ1) is 13.4. The number of nitrogens with zero attached hydrogens (tertiary/aromatic N) is 2. The molecule has 0 aliphatic carbocycles. The zero-order chi connectivity index (χ0) is 13.2. The van der Waals surface area contributed by atoms with Gasteiger partial charge in [0.15, 0.2) is 0 Å². The Balaban J connectivity index is 2.67. The Labute approximate surface area is 98.6 Å². The van der Waals surface area contributed by atoms with Gasteiger partial charge in [-0.1, -0.05) is 0 Å². The number of hydrogen-bond donors (Lipinski definition) is 2. The van der Waals surface area contributed by atoms with Crippen LogP contribution in [0.4, 0.5) is 0 Å². The van der Waals surface area contributed by atoms with Crippen molar-refractivity contribution in [2.24, 2.45) is 0 Å². The maximum atomic E-state index is 11.8. The largest absolute Gasteiger partial charge is 0.480 e. The number of amides is 2. The SMILES string of the molecule is CC(=O)N(C)CC(=O)N1C[C@H](O)C[C@H]1C(=O)O. The summed E-state index contributed by atoms with van der Waals surface area (Å²) in [6, 6.07) is -1.00. The van der Waals surface area contributed by atoms with Crippen LogP contribution in [0.15, 0.2) is 0 Å². The van der Waals surface area contributed by atoms with E-state index in [1.54, 1.807) is 0 Å². The lowest BCUT2D eigenvalue weighted by Gasteiger charge is -2.24.